The Morgan fingerprint density at radius 3 is 3.00 bits per heavy atom. The van der Waals surface area contributed by atoms with Crippen molar-refractivity contribution in [3.05, 3.63) is 50.7 Å². The van der Waals surface area contributed by atoms with E-state index in [2.05, 4.69) is 0 Å². The molecule has 0 spiro atoms. The number of ether oxygens (including phenoxy) is 2. The molecule has 1 unspecified atom stereocenters. The standard InChI is InChI=1S/C15H16N2O4S/c1-20-13-4-2-3-12(15(13)17(18)19)16-6-7-21-14(9-16)11-5-8-22-10-11/h2-5,8,10,14H,6-7,9H2,1H3. The van der Waals surface area contributed by atoms with Crippen molar-refractivity contribution >= 4 is 22.7 Å². The Morgan fingerprint density at radius 1 is 1.45 bits per heavy atom. The molecule has 1 aliphatic heterocycles. The second-order valence-corrected chi connectivity index (χ2v) is 5.73. The number of thiophene rings is 1. The van der Waals surface area contributed by atoms with Gasteiger partial charge in [0, 0.05) is 13.1 Å². The lowest BCUT2D eigenvalue weighted by molar-refractivity contribution is -0.385. The zero-order chi connectivity index (χ0) is 15.5. The fourth-order valence-corrected chi connectivity index (χ4v) is 3.34. The van der Waals surface area contributed by atoms with Gasteiger partial charge < -0.3 is 14.4 Å². The number of hydrogen-bond donors (Lipinski definition) is 0. The molecule has 1 aromatic carbocycles. The van der Waals surface area contributed by atoms with Crippen LogP contribution in [0.4, 0.5) is 11.4 Å². The molecule has 0 aliphatic carbocycles. The summed E-state index contributed by atoms with van der Waals surface area (Å²) in [4.78, 5) is 13.0. The fourth-order valence-electron chi connectivity index (χ4n) is 2.64. The molecule has 0 amide bonds. The Labute approximate surface area is 132 Å². The average Bonchev–Trinajstić information content (AvgIpc) is 3.08. The number of anilines is 1. The van der Waals surface area contributed by atoms with Gasteiger partial charge >= 0.3 is 5.69 Å². The Balaban J connectivity index is 1.92. The highest BCUT2D eigenvalue weighted by Crippen LogP contribution is 2.38. The predicted molar refractivity (Wildman–Crippen MR) is 84.9 cm³/mol. The van der Waals surface area contributed by atoms with Crippen molar-refractivity contribution in [2.75, 3.05) is 31.7 Å². The van der Waals surface area contributed by atoms with Gasteiger partial charge in [-0.25, -0.2) is 0 Å². The molecule has 1 atom stereocenters. The lowest BCUT2D eigenvalue weighted by Crippen LogP contribution is -2.38. The van der Waals surface area contributed by atoms with E-state index in [0.717, 1.165) is 5.56 Å². The van der Waals surface area contributed by atoms with E-state index in [1.165, 1.54) is 7.11 Å². The molecular formula is C15H16N2O4S. The molecule has 7 heteroatoms. The molecule has 1 aromatic heterocycles. The Morgan fingerprint density at radius 2 is 2.32 bits per heavy atom. The van der Waals surface area contributed by atoms with Crippen molar-refractivity contribution in [1.82, 2.24) is 0 Å². The predicted octanol–water partition coefficient (Wildman–Crippen LogP) is 3.24. The van der Waals surface area contributed by atoms with E-state index in [1.54, 1.807) is 29.5 Å². The van der Waals surface area contributed by atoms with Crippen LogP contribution < -0.4 is 9.64 Å². The summed E-state index contributed by atoms with van der Waals surface area (Å²) in [5.74, 6) is 0.279. The monoisotopic (exact) mass is 320 g/mol. The summed E-state index contributed by atoms with van der Waals surface area (Å²) in [5, 5.41) is 15.5. The Bertz CT molecular complexity index is 660. The largest absolute Gasteiger partial charge is 0.490 e. The van der Waals surface area contributed by atoms with Gasteiger partial charge in [0.25, 0.3) is 0 Å². The topological polar surface area (TPSA) is 64.8 Å². The third-order valence-corrected chi connectivity index (χ3v) is 4.40. The Hall–Kier alpha value is -2.12. The second kappa shape index (κ2) is 6.33. The van der Waals surface area contributed by atoms with E-state index in [-0.39, 0.29) is 22.5 Å². The molecule has 1 saturated heterocycles. The van der Waals surface area contributed by atoms with Crippen LogP contribution >= 0.6 is 11.3 Å². The van der Waals surface area contributed by atoms with Crippen LogP contribution in [0.5, 0.6) is 5.75 Å². The first-order valence-electron chi connectivity index (χ1n) is 6.90. The first-order valence-corrected chi connectivity index (χ1v) is 7.85. The van der Waals surface area contributed by atoms with Crippen molar-refractivity contribution in [3.63, 3.8) is 0 Å². The van der Waals surface area contributed by atoms with Gasteiger partial charge in [-0.15, -0.1) is 0 Å². The molecule has 0 radical (unpaired) electrons. The second-order valence-electron chi connectivity index (χ2n) is 4.95. The van der Waals surface area contributed by atoms with E-state index >= 15 is 0 Å². The first kappa shape index (κ1) is 14.8. The van der Waals surface area contributed by atoms with E-state index in [4.69, 9.17) is 9.47 Å². The highest BCUT2D eigenvalue weighted by Gasteiger charge is 2.29. The maximum atomic E-state index is 11.4. The minimum Gasteiger partial charge on any atom is -0.490 e. The number of benzene rings is 1. The molecule has 1 fully saturated rings. The molecule has 116 valence electrons. The lowest BCUT2D eigenvalue weighted by Gasteiger charge is -2.34. The van der Waals surface area contributed by atoms with E-state index in [0.29, 0.717) is 25.4 Å². The number of nitro benzene ring substituents is 1. The van der Waals surface area contributed by atoms with Gasteiger partial charge in [-0.05, 0) is 34.5 Å². The van der Waals surface area contributed by atoms with Crippen molar-refractivity contribution in [2.45, 2.75) is 6.10 Å². The summed E-state index contributed by atoms with van der Waals surface area (Å²) in [5.41, 5.74) is 1.70. The number of morpholine rings is 1. The van der Waals surface area contributed by atoms with Gasteiger partial charge in [0.15, 0.2) is 5.75 Å². The molecule has 2 heterocycles. The number of nitrogens with zero attached hydrogens (tertiary/aromatic N) is 2. The van der Waals surface area contributed by atoms with Gasteiger partial charge in [0.2, 0.25) is 0 Å². The van der Waals surface area contributed by atoms with Gasteiger partial charge in [-0.1, -0.05) is 6.07 Å². The number of hydrogen-bond acceptors (Lipinski definition) is 6. The minimum absolute atomic E-state index is 0.0102. The molecule has 1 aliphatic rings. The normalized spacial score (nSPS) is 18.2. The molecule has 0 bridgehead atoms. The van der Waals surface area contributed by atoms with E-state index in [1.807, 2.05) is 21.7 Å². The van der Waals surface area contributed by atoms with Crippen molar-refractivity contribution in [3.8, 4) is 5.75 Å². The van der Waals surface area contributed by atoms with Crippen LogP contribution in [0.3, 0.4) is 0 Å². The zero-order valence-corrected chi connectivity index (χ0v) is 12.9. The fraction of sp³-hybridized carbons (Fsp3) is 0.333. The van der Waals surface area contributed by atoms with E-state index in [9.17, 15) is 10.1 Å². The maximum absolute atomic E-state index is 11.4. The van der Waals surface area contributed by atoms with Crippen molar-refractivity contribution in [1.29, 1.82) is 0 Å². The van der Waals surface area contributed by atoms with Crippen LogP contribution in [0.15, 0.2) is 35.0 Å². The molecule has 0 saturated carbocycles. The third-order valence-electron chi connectivity index (χ3n) is 3.70. The number of methoxy groups -OCH3 is 1. The van der Waals surface area contributed by atoms with Crippen molar-refractivity contribution < 1.29 is 14.4 Å². The van der Waals surface area contributed by atoms with Crippen molar-refractivity contribution in [2.24, 2.45) is 0 Å². The highest BCUT2D eigenvalue weighted by atomic mass is 32.1. The number of para-hydroxylation sites is 1. The number of nitro groups is 1. The highest BCUT2D eigenvalue weighted by molar-refractivity contribution is 7.07. The van der Waals surface area contributed by atoms with Crippen LogP contribution in [0, 0.1) is 10.1 Å². The van der Waals surface area contributed by atoms with E-state index < -0.39 is 0 Å². The quantitative estimate of drug-likeness (QED) is 0.639. The molecule has 22 heavy (non-hydrogen) atoms. The van der Waals surface area contributed by atoms with Gasteiger partial charge in [0.1, 0.15) is 11.8 Å². The third kappa shape index (κ3) is 2.77. The smallest absolute Gasteiger partial charge is 0.333 e. The lowest BCUT2D eigenvalue weighted by atomic mass is 10.1. The van der Waals surface area contributed by atoms with Crippen LogP contribution in [0.2, 0.25) is 0 Å². The van der Waals surface area contributed by atoms with Crippen LogP contribution in [-0.2, 0) is 4.74 Å². The summed E-state index contributed by atoms with van der Waals surface area (Å²) in [6.07, 6.45) is -0.0641. The molecule has 2 aromatic rings. The zero-order valence-electron chi connectivity index (χ0n) is 12.1. The Kier molecular flexibility index (Phi) is 4.26. The summed E-state index contributed by atoms with van der Waals surface area (Å²) >= 11 is 1.62. The summed E-state index contributed by atoms with van der Waals surface area (Å²) in [7, 11) is 1.44. The molecule has 6 nitrogen and oxygen atoms in total. The first-order chi connectivity index (χ1) is 10.7. The van der Waals surface area contributed by atoms with Crippen LogP contribution in [0.25, 0.3) is 0 Å². The van der Waals surface area contributed by atoms with Gasteiger partial charge in [-0.2, -0.15) is 11.3 Å². The minimum atomic E-state index is -0.386. The molecule has 0 N–H and O–H groups in total. The van der Waals surface area contributed by atoms with Crippen LogP contribution in [-0.4, -0.2) is 31.7 Å². The summed E-state index contributed by atoms with van der Waals surface area (Å²) < 4.78 is 10.9. The summed E-state index contributed by atoms with van der Waals surface area (Å²) in [6, 6.07) is 7.17. The number of rotatable bonds is 4. The van der Waals surface area contributed by atoms with Crippen LogP contribution in [0.1, 0.15) is 11.7 Å². The molecular weight excluding hydrogens is 304 g/mol. The average molecular weight is 320 g/mol. The maximum Gasteiger partial charge on any atom is 0.333 e. The summed E-state index contributed by atoms with van der Waals surface area (Å²) in [6.45, 7) is 1.74. The molecule has 3 rings (SSSR count). The van der Waals surface area contributed by atoms with Gasteiger partial charge in [-0.3, -0.25) is 10.1 Å². The SMILES string of the molecule is COc1cccc(N2CCOC(c3ccsc3)C2)c1[N+](=O)[O-]. The van der Waals surface area contributed by atoms with Gasteiger partial charge in [0.05, 0.1) is 18.6 Å².